The summed E-state index contributed by atoms with van der Waals surface area (Å²) < 4.78 is 18.0. The first-order valence-corrected chi connectivity index (χ1v) is 7.51. The van der Waals surface area contributed by atoms with Crippen LogP contribution in [0.15, 0.2) is 33.6 Å². The van der Waals surface area contributed by atoms with E-state index < -0.39 is 5.91 Å². The lowest BCUT2D eigenvalue weighted by atomic mass is 10.1. The van der Waals surface area contributed by atoms with Crippen molar-refractivity contribution in [3.8, 4) is 0 Å². The molecule has 1 amide bonds. The second-order valence-corrected chi connectivity index (χ2v) is 5.61. The van der Waals surface area contributed by atoms with Crippen LogP contribution in [-0.4, -0.2) is 16.1 Å². The van der Waals surface area contributed by atoms with Gasteiger partial charge in [0.1, 0.15) is 0 Å². The molecule has 0 saturated heterocycles. The van der Waals surface area contributed by atoms with E-state index in [-0.39, 0.29) is 18.2 Å². The Balaban J connectivity index is 1.69. The van der Waals surface area contributed by atoms with Crippen molar-refractivity contribution < 1.29 is 13.1 Å². The lowest BCUT2D eigenvalue weighted by Crippen LogP contribution is -2.12. The predicted octanol–water partition coefficient (Wildman–Crippen LogP) is 3.96. The molecular weight excluding hydrogens is 293 g/mol. The maximum atomic E-state index is 12.5. The maximum absolute atomic E-state index is 12.5. The van der Waals surface area contributed by atoms with Crippen molar-refractivity contribution in [2.45, 2.75) is 36.5 Å². The number of carbonyl (C=O) groups is 1. The molecule has 3 rings (SSSR count). The summed E-state index contributed by atoms with van der Waals surface area (Å²) in [5.41, 5.74) is 0.346. The first-order chi connectivity index (χ1) is 10.3. The Morgan fingerprint density at radius 2 is 2.14 bits per heavy atom. The van der Waals surface area contributed by atoms with Gasteiger partial charge < -0.3 is 4.42 Å². The average Bonchev–Trinajstić information content (AvgIpc) is 3.18. The van der Waals surface area contributed by atoms with Gasteiger partial charge in [0, 0.05) is 16.4 Å². The normalized spacial score (nSPS) is 15.3. The van der Waals surface area contributed by atoms with E-state index in [0.717, 1.165) is 12.8 Å². The molecule has 5 nitrogen and oxygen atoms in total. The van der Waals surface area contributed by atoms with Crippen LogP contribution in [0.4, 0.5) is 9.90 Å². The minimum absolute atomic E-state index is 0.0835. The Morgan fingerprint density at radius 3 is 2.90 bits per heavy atom. The molecule has 1 aliphatic carbocycles. The van der Waals surface area contributed by atoms with E-state index in [9.17, 15) is 8.68 Å². The number of halogens is 1. The Morgan fingerprint density at radius 1 is 1.33 bits per heavy atom. The molecule has 1 N–H and O–H groups in total. The molecular formula is C14H14FN3O2S. The highest BCUT2D eigenvalue weighted by Crippen LogP contribution is 2.33. The van der Waals surface area contributed by atoms with Crippen LogP contribution in [0.5, 0.6) is 0 Å². The first-order valence-electron chi connectivity index (χ1n) is 6.79. The zero-order valence-corrected chi connectivity index (χ0v) is 12.0. The summed E-state index contributed by atoms with van der Waals surface area (Å²) in [7, 11) is 0. The van der Waals surface area contributed by atoms with Crippen molar-refractivity contribution in [3.05, 3.63) is 35.7 Å². The van der Waals surface area contributed by atoms with Gasteiger partial charge in [-0.1, -0.05) is 24.0 Å². The quantitative estimate of drug-likeness (QED) is 0.926. The molecule has 1 aromatic heterocycles. The van der Waals surface area contributed by atoms with Gasteiger partial charge in [-0.2, -0.15) is 3.89 Å². The fraction of sp³-hybridized carbons (Fsp3) is 0.357. The molecule has 2 aromatic rings. The predicted molar refractivity (Wildman–Crippen MR) is 76.9 cm³/mol. The highest BCUT2D eigenvalue weighted by atomic mass is 32.2. The molecule has 1 aromatic carbocycles. The summed E-state index contributed by atoms with van der Waals surface area (Å²) in [5.74, 6) is 0.484. The highest BCUT2D eigenvalue weighted by Gasteiger charge is 2.23. The average molecular weight is 307 g/mol. The van der Waals surface area contributed by atoms with E-state index >= 15 is 0 Å². The van der Waals surface area contributed by atoms with E-state index in [2.05, 4.69) is 15.5 Å². The van der Waals surface area contributed by atoms with Crippen molar-refractivity contribution in [1.29, 1.82) is 0 Å². The SMILES string of the molecule is O=C(Nc1nnc(C2CCCC2)o1)c1cccc(SF)c1. The summed E-state index contributed by atoms with van der Waals surface area (Å²) in [4.78, 5) is 12.4. The monoisotopic (exact) mass is 307 g/mol. The zero-order valence-electron chi connectivity index (χ0n) is 11.2. The Hall–Kier alpha value is -1.89. The third-order valence-electron chi connectivity index (χ3n) is 3.55. The molecule has 0 spiro atoms. The zero-order chi connectivity index (χ0) is 14.7. The third-order valence-corrected chi connectivity index (χ3v) is 3.98. The van der Waals surface area contributed by atoms with Crippen LogP contribution in [0, 0.1) is 0 Å². The molecule has 0 bridgehead atoms. The number of amides is 1. The van der Waals surface area contributed by atoms with Crippen LogP contribution in [0.25, 0.3) is 0 Å². The van der Waals surface area contributed by atoms with Crippen molar-refractivity contribution in [3.63, 3.8) is 0 Å². The molecule has 1 saturated carbocycles. The molecule has 0 radical (unpaired) electrons. The molecule has 21 heavy (non-hydrogen) atoms. The Labute approximate surface area is 125 Å². The van der Waals surface area contributed by atoms with Crippen molar-refractivity contribution in [2.75, 3.05) is 5.32 Å². The highest BCUT2D eigenvalue weighted by molar-refractivity contribution is 7.94. The Bertz CT molecular complexity index is 641. The van der Waals surface area contributed by atoms with Gasteiger partial charge in [-0.15, -0.1) is 5.10 Å². The fourth-order valence-electron chi connectivity index (χ4n) is 2.48. The summed E-state index contributed by atoms with van der Waals surface area (Å²) >= 11 is 0.0962. The number of aromatic nitrogens is 2. The number of hydrogen-bond donors (Lipinski definition) is 1. The second kappa shape index (κ2) is 6.26. The topological polar surface area (TPSA) is 68.0 Å². The van der Waals surface area contributed by atoms with E-state index in [1.165, 1.54) is 18.9 Å². The van der Waals surface area contributed by atoms with E-state index in [1.807, 2.05) is 0 Å². The van der Waals surface area contributed by atoms with Gasteiger partial charge in [-0.3, -0.25) is 10.1 Å². The minimum atomic E-state index is -0.396. The molecule has 0 aliphatic heterocycles. The van der Waals surface area contributed by atoms with Crippen molar-refractivity contribution in [2.24, 2.45) is 0 Å². The first kappa shape index (κ1) is 14.1. The second-order valence-electron chi connectivity index (χ2n) is 4.99. The van der Waals surface area contributed by atoms with E-state index in [0.29, 0.717) is 22.3 Å². The lowest BCUT2D eigenvalue weighted by molar-refractivity contribution is 0.102. The molecule has 0 atom stereocenters. The van der Waals surface area contributed by atoms with Gasteiger partial charge in [0.05, 0.1) is 12.1 Å². The molecule has 110 valence electrons. The van der Waals surface area contributed by atoms with Crippen LogP contribution in [0.2, 0.25) is 0 Å². The number of nitrogens with one attached hydrogen (secondary N) is 1. The maximum Gasteiger partial charge on any atom is 0.322 e. The molecule has 0 unspecified atom stereocenters. The van der Waals surface area contributed by atoms with Gasteiger partial charge in [0.2, 0.25) is 5.89 Å². The van der Waals surface area contributed by atoms with Gasteiger partial charge in [0.15, 0.2) is 0 Å². The third kappa shape index (κ3) is 3.24. The largest absolute Gasteiger partial charge is 0.408 e. The van der Waals surface area contributed by atoms with Gasteiger partial charge in [-0.05, 0) is 31.0 Å². The summed E-state index contributed by atoms with van der Waals surface area (Å²) in [6, 6.07) is 6.36. The van der Waals surface area contributed by atoms with Gasteiger partial charge in [0.25, 0.3) is 5.91 Å². The lowest BCUT2D eigenvalue weighted by Gasteiger charge is -2.02. The summed E-state index contributed by atoms with van der Waals surface area (Å²) in [5, 5.41) is 10.4. The summed E-state index contributed by atoms with van der Waals surface area (Å²) in [6.45, 7) is 0. The van der Waals surface area contributed by atoms with Crippen LogP contribution in [-0.2, 0) is 0 Å². The van der Waals surface area contributed by atoms with Crippen LogP contribution in [0.3, 0.4) is 0 Å². The number of carbonyl (C=O) groups excluding carboxylic acids is 1. The molecule has 1 fully saturated rings. The van der Waals surface area contributed by atoms with Crippen molar-refractivity contribution in [1.82, 2.24) is 10.2 Å². The molecule has 1 heterocycles. The number of hydrogen-bond acceptors (Lipinski definition) is 5. The van der Waals surface area contributed by atoms with E-state index in [4.69, 9.17) is 4.42 Å². The summed E-state index contributed by atoms with van der Waals surface area (Å²) in [6.07, 6.45) is 4.43. The van der Waals surface area contributed by atoms with Crippen LogP contribution < -0.4 is 5.32 Å². The molecule has 7 heteroatoms. The fourth-order valence-corrected chi connectivity index (χ4v) is 2.78. The number of benzene rings is 1. The van der Waals surface area contributed by atoms with Gasteiger partial charge >= 0.3 is 6.01 Å². The van der Waals surface area contributed by atoms with E-state index in [1.54, 1.807) is 18.2 Å². The van der Waals surface area contributed by atoms with Crippen molar-refractivity contribution >= 4 is 24.1 Å². The minimum Gasteiger partial charge on any atom is -0.408 e. The molecule has 1 aliphatic rings. The number of anilines is 1. The number of nitrogens with zero attached hydrogens (tertiary/aromatic N) is 2. The van der Waals surface area contributed by atoms with Gasteiger partial charge in [-0.25, -0.2) is 0 Å². The van der Waals surface area contributed by atoms with Crippen LogP contribution in [0.1, 0.15) is 47.8 Å². The smallest absolute Gasteiger partial charge is 0.322 e. The standard InChI is InChI=1S/C14H14FN3O2S/c15-21-11-7-3-6-10(8-11)12(19)16-14-18-17-13(20-14)9-4-1-2-5-9/h3,6-9H,1-2,4-5H2,(H,16,18,19). The van der Waals surface area contributed by atoms with Crippen LogP contribution >= 0.6 is 12.1 Å². The number of rotatable bonds is 4. The Kier molecular flexibility index (Phi) is 4.19.